The van der Waals surface area contributed by atoms with Crippen molar-refractivity contribution >= 4 is 28.7 Å². The predicted molar refractivity (Wildman–Crippen MR) is 154 cm³/mol. The van der Waals surface area contributed by atoms with Crippen molar-refractivity contribution in [3.05, 3.63) is 99.5 Å². The molecule has 0 atom stereocenters. The molecule has 0 unspecified atom stereocenters. The lowest BCUT2D eigenvalue weighted by molar-refractivity contribution is -0.123. The lowest BCUT2D eigenvalue weighted by Gasteiger charge is -2.19. The molecule has 0 radical (unpaired) electrons. The first kappa shape index (κ1) is 28.3. The summed E-state index contributed by atoms with van der Waals surface area (Å²) in [5.74, 6) is 0.290. The van der Waals surface area contributed by atoms with Crippen LogP contribution < -0.4 is 10.1 Å². The molecule has 1 heterocycles. The Morgan fingerprint density at radius 2 is 1.95 bits per heavy atom. The number of aromatic nitrogens is 1. The van der Waals surface area contributed by atoms with Gasteiger partial charge in [0.1, 0.15) is 18.2 Å². The Morgan fingerprint density at radius 1 is 1.15 bits per heavy atom. The number of aryl methyl sites for hydroxylation is 2. The molecular weight excluding hydrogens is 517 g/mol. The van der Waals surface area contributed by atoms with Gasteiger partial charge in [-0.2, -0.15) is 0 Å². The molecule has 0 bridgehead atoms. The molecule has 0 aliphatic heterocycles. The third-order valence-electron chi connectivity index (χ3n) is 6.64. The number of hydrogen-bond acceptors (Lipinski definition) is 5. The molecule has 8 heteroatoms. The maximum Gasteiger partial charge on any atom is 0.245 e. The van der Waals surface area contributed by atoms with Crippen LogP contribution in [-0.2, 0) is 11.2 Å². The number of benzene rings is 2. The van der Waals surface area contributed by atoms with Gasteiger partial charge in [0.05, 0.1) is 5.02 Å². The minimum atomic E-state index is -0.272. The SMILES string of the molecule is Cc1cc(F)ccc1C1=C(c2cnc(OCCNC/C=C/C(=O)N(C)C)cc2Cl)c2ccc(O)cc2CCC1. The second kappa shape index (κ2) is 12.9. The third kappa shape index (κ3) is 7.05. The number of aromatic hydroxyl groups is 1. The summed E-state index contributed by atoms with van der Waals surface area (Å²) in [6, 6.07) is 11.9. The number of halogens is 2. The molecule has 1 aromatic heterocycles. The molecular formula is C31H33ClFN3O3. The molecule has 2 aromatic carbocycles. The largest absolute Gasteiger partial charge is 0.508 e. The first-order valence-electron chi connectivity index (χ1n) is 12.9. The Bertz CT molecular complexity index is 1420. The predicted octanol–water partition coefficient (Wildman–Crippen LogP) is 5.80. The third-order valence-corrected chi connectivity index (χ3v) is 6.95. The Kier molecular flexibility index (Phi) is 9.38. The molecule has 6 nitrogen and oxygen atoms in total. The van der Waals surface area contributed by atoms with Gasteiger partial charge in [-0.05, 0) is 83.9 Å². The zero-order chi connectivity index (χ0) is 27.9. The van der Waals surface area contributed by atoms with Crippen molar-refractivity contribution < 1.29 is 19.0 Å². The number of amides is 1. The smallest absolute Gasteiger partial charge is 0.245 e. The van der Waals surface area contributed by atoms with Gasteiger partial charge in [0.15, 0.2) is 0 Å². The Balaban J connectivity index is 1.59. The number of ether oxygens (including phenoxy) is 1. The van der Waals surface area contributed by atoms with Crippen LogP contribution in [0.15, 0.2) is 60.8 Å². The first-order chi connectivity index (χ1) is 18.7. The molecule has 0 fully saturated rings. The van der Waals surface area contributed by atoms with Gasteiger partial charge in [0, 0.05) is 51.1 Å². The normalized spacial score (nSPS) is 13.4. The number of carbonyl (C=O) groups excluding carboxylic acids is 1. The molecule has 4 rings (SSSR count). The molecule has 1 amide bonds. The maximum absolute atomic E-state index is 13.9. The van der Waals surface area contributed by atoms with Crippen molar-refractivity contribution in [2.24, 2.45) is 0 Å². The fourth-order valence-corrected chi connectivity index (χ4v) is 4.95. The molecule has 2 N–H and O–H groups in total. The number of pyridine rings is 1. The number of rotatable bonds is 9. The number of hydrogen-bond donors (Lipinski definition) is 2. The highest BCUT2D eigenvalue weighted by atomic mass is 35.5. The highest BCUT2D eigenvalue weighted by Crippen LogP contribution is 2.43. The standard InChI is InChI=1S/C31H33ClFN3O3/c1-20-16-22(33)9-11-24(20)26-7-4-6-21-17-23(37)10-12-25(21)31(26)27-19-35-29(18-28(27)32)39-15-14-34-13-5-8-30(38)36(2)3/h5,8-12,16-19,34,37H,4,6-7,13-15H2,1-3H3/b8-5+. The van der Waals surface area contributed by atoms with Crippen LogP contribution in [0.5, 0.6) is 11.6 Å². The van der Waals surface area contributed by atoms with Crippen molar-refractivity contribution in [2.75, 3.05) is 33.8 Å². The number of likely N-dealkylation sites (N-methyl/N-ethyl adjacent to an activating group) is 1. The number of fused-ring (bicyclic) bond motifs is 1. The summed E-state index contributed by atoms with van der Waals surface area (Å²) in [6.07, 6.45) is 7.46. The summed E-state index contributed by atoms with van der Waals surface area (Å²) in [7, 11) is 3.41. The summed E-state index contributed by atoms with van der Waals surface area (Å²) >= 11 is 6.84. The number of nitrogens with one attached hydrogen (secondary N) is 1. The van der Waals surface area contributed by atoms with Crippen LogP contribution in [0.3, 0.4) is 0 Å². The molecule has 0 spiro atoms. The molecule has 0 saturated heterocycles. The Labute approximate surface area is 233 Å². The minimum Gasteiger partial charge on any atom is -0.508 e. The Morgan fingerprint density at radius 3 is 2.69 bits per heavy atom. The van der Waals surface area contributed by atoms with E-state index in [1.165, 1.54) is 17.0 Å². The highest BCUT2D eigenvalue weighted by Gasteiger charge is 2.23. The van der Waals surface area contributed by atoms with Crippen LogP contribution in [0.1, 0.15) is 40.7 Å². The van der Waals surface area contributed by atoms with Gasteiger partial charge in [-0.25, -0.2) is 9.37 Å². The molecule has 0 saturated carbocycles. The quantitative estimate of drug-likeness (QED) is 0.261. The zero-order valence-corrected chi connectivity index (χ0v) is 23.2. The first-order valence-corrected chi connectivity index (χ1v) is 13.3. The summed E-state index contributed by atoms with van der Waals surface area (Å²) in [5.41, 5.74) is 6.58. The monoisotopic (exact) mass is 549 g/mol. The van der Waals surface area contributed by atoms with E-state index < -0.39 is 0 Å². The van der Waals surface area contributed by atoms with Gasteiger partial charge in [0.2, 0.25) is 11.8 Å². The number of phenolic OH excluding ortho intramolecular Hbond substituents is 1. The van der Waals surface area contributed by atoms with Crippen LogP contribution in [0.25, 0.3) is 11.1 Å². The number of carbonyl (C=O) groups is 1. The van der Waals surface area contributed by atoms with E-state index in [4.69, 9.17) is 16.3 Å². The lowest BCUT2D eigenvalue weighted by atomic mass is 9.87. The zero-order valence-electron chi connectivity index (χ0n) is 22.4. The van der Waals surface area contributed by atoms with Crippen molar-refractivity contribution in [1.82, 2.24) is 15.2 Å². The van der Waals surface area contributed by atoms with Crippen LogP contribution in [-0.4, -0.2) is 54.7 Å². The number of phenols is 1. The molecule has 1 aliphatic rings. The molecule has 1 aliphatic carbocycles. The van der Waals surface area contributed by atoms with E-state index >= 15 is 0 Å². The van der Waals surface area contributed by atoms with Crippen molar-refractivity contribution in [1.29, 1.82) is 0 Å². The van der Waals surface area contributed by atoms with Gasteiger partial charge >= 0.3 is 0 Å². The van der Waals surface area contributed by atoms with E-state index in [0.29, 0.717) is 30.6 Å². The van der Waals surface area contributed by atoms with E-state index in [1.54, 1.807) is 50.6 Å². The summed E-state index contributed by atoms with van der Waals surface area (Å²) < 4.78 is 19.7. The van der Waals surface area contributed by atoms with Gasteiger partial charge in [-0.15, -0.1) is 0 Å². The van der Waals surface area contributed by atoms with Crippen LogP contribution >= 0.6 is 11.6 Å². The van der Waals surface area contributed by atoms with Crippen molar-refractivity contribution in [3.8, 4) is 11.6 Å². The second-order valence-electron chi connectivity index (χ2n) is 9.70. The average Bonchev–Trinajstić information content (AvgIpc) is 3.07. The maximum atomic E-state index is 13.9. The average molecular weight is 550 g/mol. The van der Waals surface area contributed by atoms with E-state index in [2.05, 4.69) is 10.3 Å². The van der Waals surface area contributed by atoms with Gasteiger partial charge < -0.3 is 20.1 Å². The topological polar surface area (TPSA) is 74.7 Å². The summed E-state index contributed by atoms with van der Waals surface area (Å²) in [6.45, 7) is 3.40. The fourth-order valence-electron chi connectivity index (χ4n) is 4.71. The lowest BCUT2D eigenvalue weighted by Crippen LogP contribution is -2.22. The van der Waals surface area contributed by atoms with Gasteiger partial charge in [-0.3, -0.25) is 4.79 Å². The van der Waals surface area contributed by atoms with Crippen LogP contribution in [0, 0.1) is 12.7 Å². The van der Waals surface area contributed by atoms with E-state index in [-0.39, 0.29) is 17.5 Å². The highest BCUT2D eigenvalue weighted by molar-refractivity contribution is 6.33. The fraction of sp³-hybridized carbons (Fsp3) is 0.290. The molecule has 3 aromatic rings. The van der Waals surface area contributed by atoms with Crippen LogP contribution in [0.2, 0.25) is 5.02 Å². The summed E-state index contributed by atoms with van der Waals surface area (Å²) in [4.78, 5) is 17.6. The minimum absolute atomic E-state index is 0.0621. The number of allylic oxidation sites excluding steroid dienone is 1. The van der Waals surface area contributed by atoms with Crippen molar-refractivity contribution in [3.63, 3.8) is 0 Å². The molecule has 204 valence electrons. The van der Waals surface area contributed by atoms with Gasteiger partial charge in [0.25, 0.3) is 0 Å². The Hall–Kier alpha value is -3.68. The van der Waals surface area contributed by atoms with E-state index in [1.807, 2.05) is 19.1 Å². The summed E-state index contributed by atoms with van der Waals surface area (Å²) in [5, 5.41) is 13.8. The second-order valence-corrected chi connectivity index (χ2v) is 10.1. The molecule has 39 heavy (non-hydrogen) atoms. The van der Waals surface area contributed by atoms with Crippen molar-refractivity contribution in [2.45, 2.75) is 26.2 Å². The number of nitrogens with zero attached hydrogens (tertiary/aromatic N) is 2. The van der Waals surface area contributed by atoms with Gasteiger partial charge in [-0.1, -0.05) is 29.8 Å². The van der Waals surface area contributed by atoms with E-state index in [9.17, 15) is 14.3 Å². The van der Waals surface area contributed by atoms with Crippen LogP contribution in [0.4, 0.5) is 4.39 Å². The van der Waals surface area contributed by atoms with E-state index in [0.717, 1.165) is 58.2 Å².